The average Bonchev–Trinajstić information content (AvgIpc) is 3.08. The molecule has 1 saturated heterocycles. The van der Waals surface area contributed by atoms with Gasteiger partial charge in [-0.1, -0.05) is 6.07 Å². The van der Waals surface area contributed by atoms with Gasteiger partial charge in [-0.25, -0.2) is 0 Å². The zero-order chi connectivity index (χ0) is 13.1. The number of ether oxygens (including phenoxy) is 2. The van der Waals surface area contributed by atoms with Crippen molar-refractivity contribution in [2.45, 2.75) is 25.3 Å². The lowest BCUT2D eigenvalue weighted by Gasteiger charge is -2.23. The van der Waals surface area contributed by atoms with E-state index in [0.717, 1.165) is 24.5 Å². The van der Waals surface area contributed by atoms with Crippen LogP contribution in [0.5, 0.6) is 11.5 Å². The Morgan fingerprint density at radius 3 is 2.79 bits per heavy atom. The largest absolute Gasteiger partial charge is 0.454 e. The van der Waals surface area contributed by atoms with E-state index in [9.17, 15) is 0 Å². The fourth-order valence-electron chi connectivity index (χ4n) is 2.89. The van der Waals surface area contributed by atoms with Gasteiger partial charge in [0.15, 0.2) is 11.5 Å². The molecule has 0 radical (unpaired) electrons. The molecule has 0 saturated carbocycles. The lowest BCUT2D eigenvalue weighted by atomic mass is 10.0. The van der Waals surface area contributed by atoms with E-state index in [4.69, 9.17) is 9.47 Å². The molecule has 104 valence electrons. The predicted molar refractivity (Wildman–Crippen MR) is 74.8 cm³/mol. The first-order valence-corrected chi connectivity index (χ1v) is 7.13. The lowest BCUT2D eigenvalue weighted by Crippen LogP contribution is -2.39. The summed E-state index contributed by atoms with van der Waals surface area (Å²) in [6.07, 6.45) is 3.73. The second kappa shape index (κ2) is 5.80. The molecule has 1 fully saturated rings. The molecule has 1 aromatic carbocycles. The Kier molecular flexibility index (Phi) is 3.89. The summed E-state index contributed by atoms with van der Waals surface area (Å²) >= 11 is 0. The fourth-order valence-corrected chi connectivity index (χ4v) is 2.89. The SMILES string of the molecule is CNC(Cc1ccc2c(c1)OCO2)CN1CCCC1. The Morgan fingerprint density at radius 1 is 1.21 bits per heavy atom. The highest BCUT2D eigenvalue weighted by Gasteiger charge is 2.18. The van der Waals surface area contributed by atoms with Gasteiger partial charge in [-0.05, 0) is 57.1 Å². The summed E-state index contributed by atoms with van der Waals surface area (Å²) in [6.45, 7) is 3.98. The molecule has 0 bridgehead atoms. The van der Waals surface area contributed by atoms with Crippen molar-refractivity contribution in [1.82, 2.24) is 10.2 Å². The average molecular weight is 262 g/mol. The minimum atomic E-state index is 0.349. The molecular formula is C15H22N2O2. The minimum Gasteiger partial charge on any atom is -0.454 e. The van der Waals surface area contributed by atoms with E-state index in [2.05, 4.69) is 22.3 Å². The maximum absolute atomic E-state index is 5.43. The van der Waals surface area contributed by atoms with Crippen molar-refractivity contribution in [3.8, 4) is 11.5 Å². The van der Waals surface area contributed by atoms with E-state index in [0.29, 0.717) is 12.8 Å². The van der Waals surface area contributed by atoms with Crippen molar-refractivity contribution in [3.63, 3.8) is 0 Å². The van der Waals surface area contributed by atoms with E-state index in [1.807, 2.05) is 13.1 Å². The van der Waals surface area contributed by atoms with Crippen molar-refractivity contribution in [3.05, 3.63) is 23.8 Å². The molecule has 4 nitrogen and oxygen atoms in total. The molecule has 4 heteroatoms. The van der Waals surface area contributed by atoms with E-state index in [-0.39, 0.29) is 0 Å². The zero-order valence-corrected chi connectivity index (χ0v) is 11.5. The third kappa shape index (κ3) is 3.01. The number of rotatable bonds is 5. The second-order valence-electron chi connectivity index (χ2n) is 5.39. The van der Waals surface area contributed by atoms with Crippen molar-refractivity contribution in [2.24, 2.45) is 0 Å². The Balaban J connectivity index is 1.61. The Bertz CT molecular complexity index is 430. The first kappa shape index (κ1) is 12.8. The molecule has 3 rings (SSSR count). The van der Waals surface area contributed by atoms with Crippen LogP contribution in [0, 0.1) is 0 Å². The molecule has 1 N–H and O–H groups in total. The molecular weight excluding hydrogens is 240 g/mol. The third-order valence-corrected chi connectivity index (χ3v) is 4.00. The summed E-state index contributed by atoms with van der Waals surface area (Å²) in [5, 5.41) is 3.43. The highest BCUT2D eigenvalue weighted by atomic mass is 16.7. The van der Waals surface area contributed by atoms with Crippen LogP contribution in [-0.4, -0.2) is 44.4 Å². The number of fused-ring (bicyclic) bond motifs is 1. The number of nitrogens with zero attached hydrogens (tertiary/aromatic N) is 1. The normalized spacial score (nSPS) is 19.8. The number of likely N-dealkylation sites (tertiary alicyclic amines) is 1. The molecule has 0 aliphatic carbocycles. The number of hydrogen-bond acceptors (Lipinski definition) is 4. The van der Waals surface area contributed by atoms with Crippen molar-refractivity contribution in [2.75, 3.05) is 33.5 Å². The van der Waals surface area contributed by atoms with E-state index < -0.39 is 0 Å². The molecule has 1 unspecified atom stereocenters. The van der Waals surface area contributed by atoms with Gasteiger partial charge in [-0.3, -0.25) is 0 Å². The molecule has 0 aromatic heterocycles. The maximum Gasteiger partial charge on any atom is 0.231 e. The van der Waals surface area contributed by atoms with Crippen molar-refractivity contribution < 1.29 is 9.47 Å². The molecule has 1 aromatic rings. The third-order valence-electron chi connectivity index (χ3n) is 4.00. The van der Waals surface area contributed by atoms with Crippen LogP contribution in [0.2, 0.25) is 0 Å². The second-order valence-corrected chi connectivity index (χ2v) is 5.39. The van der Waals surface area contributed by atoms with Gasteiger partial charge in [0.25, 0.3) is 0 Å². The standard InChI is InChI=1S/C15H22N2O2/c1-16-13(10-17-6-2-3-7-17)8-12-4-5-14-15(9-12)19-11-18-14/h4-5,9,13,16H,2-3,6-8,10-11H2,1H3. The molecule has 0 spiro atoms. The molecule has 19 heavy (non-hydrogen) atoms. The number of likely N-dealkylation sites (N-methyl/N-ethyl adjacent to an activating group) is 1. The minimum absolute atomic E-state index is 0.349. The van der Waals surface area contributed by atoms with Crippen molar-refractivity contribution >= 4 is 0 Å². The number of benzene rings is 1. The van der Waals surface area contributed by atoms with E-state index in [1.165, 1.54) is 31.5 Å². The van der Waals surface area contributed by atoms with Gasteiger partial charge in [0.2, 0.25) is 6.79 Å². The van der Waals surface area contributed by atoms with Gasteiger partial charge in [-0.2, -0.15) is 0 Å². The van der Waals surface area contributed by atoms with Gasteiger partial charge >= 0.3 is 0 Å². The maximum atomic E-state index is 5.43. The van der Waals surface area contributed by atoms with E-state index in [1.54, 1.807) is 0 Å². The van der Waals surface area contributed by atoms with Gasteiger partial charge in [0, 0.05) is 12.6 Å². The monoisotopic (exact) mass is 262 g/mol. The Morgan fingerprint density at radius 2 is 2.00 bits per heavy atom. The summed E-state index contributed by atoms with van der Waals surface area (Å²) in [7, 11) is 2.05. The summed E-state index contributed by atoms with van der Waals surface area (Å²) in [4.78, 5) is 2.55. The highest BCUT2D eigenvalue weighted by Crippen LogP contribution is 2.32. The van der Waals surface area contributed by atoms with Crippen LogP contribution < -0.4 is 14.8 Å². The van der Waals surface area contributed by atoms with E-state index >= 15 is 0 Å². The van der Waals surface area contributed by atoms with Crippen LogP contribution in [0.3, 0.4) is 0 Å². The van der Waals surface area contributed by atoms with Crippen LogP contribution in [0.15, 0.2) is 18.2 Å². The number of nitrogens with one attached hydrogen (secondary N) is 1. The van der Waals surface area contributed by atoms with Crippen LogP contribution in [-0.2, 0) is 6.42 Å². The van der Waals surface area contributed by atoms with Crippen LogP contribution in [0.1, 0.15) is 18.4 Å². The fraction of sp³-hybridized carbons (Fsp3) is 0.600. The first-order chi connectivity index (χ1) is 9.35. The summed E-state index contributed by atoms with van der Waals surface area (Å²) in [6, 6.07) is 6.76. The number of hydrogen-bond donors (Lipinski definition) is 1. The van der Waals surface area contributed by atoms with Gasteiger partial charge in [-0.15, -0.1) is 0 Å². The quantitative estimate of drug-likeness (QED) is 0.874. The van der Waals surface area contributed by atoms with Gasteiger partial charge in [0.1, 0.15) is 0 Å². The van der Waals surface area contributed by atoms with Crippen LogP contribution >= 0.6 is 0 Å². The Labute approximate surface area is 114 Å². The smallest absolute Gasteiger partial charge is 0.231 e. The van der Waals surface area contributed by atoms with Gasteiger partial charge < -0.3 is 19.7 Å². The first-order valence-electron chi connectivity index (χ1n) is 7.13. The summed E-state index contributed by atoms with van der Waals surface area (Å²) < 4.78 is 10.8. The lowest BCUT2D eigenvalue weighted by molar-refractivity contribution is 0.174. The highest BCUT2D eigenvalue weighted by molar-refractivity contribution is 5.44. The molecule has 2 aliphatic heterocycles. The topological polar surface area (TPSA) is 33.7 Å². The van der Waals surface area contributed by atoms with Crippen molar-refractivity contribution in [1.29, 1.82) is 0 Å². The predicted octanol–water partition coefficient (Wildman–Crippen LogP) is 1.64. The summed E-state index contributed by atoms with van der Waals surface area (Å²) in [5.41, 5.74) is 1.31. The van der Waals surface area contributed by atoms with Gasteiger partial charge in [0.05, 0.1) is 0 Å². The van der Waals surface area contributed by atoms with Crippen LogP contribution in [0.25, 0.3) is 0 Å². The molecule has 1 atom stereocenters. The zero-order valence-electron chi connectivity index (χ0n) is 11.5. The molecule has 0 amide bonds. The van der Waals surface area contributed by atoms with Crippen LogP contribution in [0.4, 0.5) is 0 Å². The Hall–Kier alpha value is -1.26. The molecule has 2 heterocycles. The molecule has 2 aliphatic rings. The summed E-state index contributed by atoms with van der Waals surface area (Å²) in [5.74, 6) is 1.75.